The van der Waals surface area contributed by atoms with Crippen LogP contribution in [0.3, 0.4) is 0 Å². The number of thioether (sulfide) groups is 1. The molecule has 116 valence electrons. The minimum Gasteiger partial charge on any atom is -0.480 e. The van der Waals surface area contributed by atoms with Crippen molar-refractivity contribution in [3.63, 3.8) is 0 Å². The Balaban J connectivity index is 2.51. The van der Waals surface area contributed by atoms with Gasteiger partial charge < -0.3 is 20.5 Å². The third kappa shape index (κ3) is 5.30. The largest absolute Gasteiger partial charge is 0.480 e. The Morgan fingerprint density at radius 3 is 2.80 bits per heavy atom. The van der Waals surface area contributed by atoms with E-state index in [9.17, 15) is 9.59 Å². The van der Waals surface area contributed by atoms with Crippen molar-refractivity contribution in [1.29, 1.82) is 0 Å². The molecule has 1 heterocycles. The maximum absolute atomic E-state index is 12.2. The Morgan fingerprint density at radius 1 is 1.45 bits per heavy atom. The molecule has 1 aliphatic rings. The molecule has 3 atom stereocenters. The number of aliphatic carboxylic acids is 1. The summed E-state index contributed by atoms with van der Waals surface area (Å²) in [6, 6.07) is -0.840. The molecule has 0 radical (unpaired) electrons. The summed E-state index contributed by atoms with van der Waals surface area (Å²) in [5.74, 6) is -0.817. The van der Waals surface area contributed by atoms with E-state index in [4.69, 9.17) is 9.84 Å². The quantitative estimate of drug-likeness (QED) is 0.569. The summed E-state index contributed by atoms with van der Waals surface area (Å²) in [5.41, 5.74) is 0. The molecule has 1 amide bonds. The van der Waals surface area contributed by atoms with Gasteiger partial charge in [0.05, 0.1) is 19.1 Å². The lowest BCUT2D eigenvalue weighted by atomic mass is 10.0. The molecule has 0 aliphatic carbocycles. The number of ether oxygens (including phenoxy) is 1. The summed E-state index contributed by atoms with van der Waals surface area (Å²) >= 11 is 1.57. The highest BCUT2D eigenvalue weighted by Gasteiger charge is 2.35. The fourth-order valence-corrected chi connectivity index (χ4v) is 2.59. The van der Waals surface area contributed by atoms with Gasteiger partial charge in [-0.05, 0) is 31.4 Å². The molecule has 2 unspecified atom stereocenters. The summed E-state index contributed by atoms with van der Waals surface area (Å²) in [4.78, 5) is 23.3. The first-order chi connectivity index (χ1) is 9.60. The van der Waals surface area contributed by atoms with Gasteiger partial charge in [-0.15, -0.1) is 0 Å². The molecule has 0 spiro atoms. The van der Waals surface area contributed by atoms with Crippen LogP contribution in [0.25, 0.3) is 0 Å². The van der Waals surface area contributed by atoms with E-state index >= 15 is 0 Å². The molecule has 20 heavy (non-hydrogen) atoms. The first kappa shape index (κ1) is 17.3. The average Bonchev–Trinajstić information content (AvgIpc) is 2.89. The SMILES string of the molecule is CCCNC1COCC1C(=O)N[C@H](CCSC)C(=O)O. The van der Waals surface area contributed by atoms with Gasteiger partial charge >= 0.3 is 5.97 Å². The van der Waals surface area contributed by atoms with E-state index < -0.39 is 12.0 Å². The van der Waals surface area contributed by atoms with Crippen molar-refractivity contribution in [2.75, 3.05) is 31.8 Å². The topological polar surface area (TPSA) is 87.7 Å². The number of rotatable bonds is 9. The fourth-order valence-electron chi connectivity index (χ4n) is 2.12. The van der Waals surface area contributed by atoms with Crippen LogP contribution in [0.1, 0.15) is 19.8 Å². The van der Waals surface area contributed by atoms with Gasteiger partial charge in [-0.2, -0.15) is 11.8 Å². The number of nitrogens with one attached hydrogen (secondary N) is 2. The molecular formula is C13H24N2O4S. The van der Waals surface area contributed by atoms with Crippen LogP contribution >= 0.6 is 11.8 Å². The van der Waals surface area contributed by atoms with Crippen molar-refractivity contribution in [1.82, 2.24) is 10.6 Å². The Morgan fingerprint density at radius 2 is 2.20 bits per heavy atom. The van der Waals surface area contributed by atoms with Gasteiger partial charge in [0.1, 0.15) is 6.04 Å². The molecule has 3 N–H and O–H groups in total. The Kier molecular flexibility index (Phi) is 7.94. The van der Waals surface area contributed by atoms with Crippen LogP contribution in [-0.4, -0.2) is 60.8 Å². The molecule has 0 aromatic carbocycles. The van der Waals surface area contributed by atoms with E-state index in [1.165, 1.54) is 0 Å². The van der Waals surface area contributed by atoms with Gasteiger partial charge in [0.2, 0.25) is 5.91 Å². The van der Waals surface area contributed by atoms with Crippen LogP contribution in [0.2, 0.25) is 0 Å². The lowest BCUT2D eigenvalue weighted by Crippen LogP contribution is -2.49. The van der Waals surface area contributed by atoms with Gasteiger partial charge in [-0.25, -0.2) is 4.79 Å². The average molecular weight is 304 g/mol. The fraction of sp³-hybridized carbons (Fsp3) is 0.846. The van der Waals surface area contributed by atoms with Crippen LogP contribution in [-0.2, 0) is 14.3 Å². The van der Waals surface area contributed by atoms with Crippen LogP contribution in [0.5, 0.6) is 0 Å². The molecule has 0 aromatic heterocycles. The van der Waals surface area contributed by atoms with Crippen LogP contribution in [0.4, 0.5) is 0 Å². The van der Waals surface area contributed by atoms with Crippen LogP contribution in [0, 0.1) is 5.92 Å². The zero-order chi connectivity index (χ0) is 15.0. The normalized spacial score (nSPS) is 23.5. The molecular weight excluding hydrogens is 280 g/mol. The van der Waals surface area contributed by atoms with Crippen molar-refractivity contribution in [3.05, 3.63) is 0 Å². The molecule has 6 nitrogen and oxygen atoms in total. The van der Waals surface area contributed by atoms with Crippen LogP contribution in [0.15, 0.2) is 0 Å². The summed E-state index contributed by atoms with van der Waals surface area (Å²) in [6.45, 7) is 3.73. The van der Waals surface area contributed by atoms with Crippen molar-refractivity contribution >= 4 is 23.6 Å². The standard InChI is InChI=1S/C13H24N2O4S/c1-3-5-14-11-8-19-7-9(11)12(16)15-10(13(17)18)4-6-20-2/h9-11,14H,3-8H2,1-2H3,(H,15,16)(H,17,18)/t9?,10-,11?/m1/s1. The number of carbonyl (C=O) groups excluding carboxylic acids is 1. The van der Waals surface area contributed by atoms with E-state index in [2.05, 4.69) is 17.6 Å². The van der Waals surface area contributed by atoms with Crippen molar-refractivity contribution in [2.24, 2.45) is 5.92 Å². The first-order valence-electron chi connectivity index (χ1n) is 6.93. The third-order valence-corrected chi connectivity index (χ3v) is 3.94. The number of hydrogen-bond acceptors (Lipinski definition) is 5. The number of carboxylic acid groups (broad SMARTS) is 1. The highest BCUT2D eigenvalue weighted by molar-refractivity contribution is 7.98. The van der Waals surface area contributed by atoms with Crippen molar-refractivity contribution in [2.45, 2.75) is 31.8 Å². The van der Waals surface area contributed by atoms with Gasteiger partial charge in [-0.1, -0.05) is 6.92 Å². The van der Waals surface area contributed by atoms with Crippen LogP contribution < -0.4 is 10.6 Å². The summed E-state index contributed by atoms with van der Waals surface area (Å²) < 4.78 is 5.34. The highest BCUT2D eigenvalue weighted by Crippen LogP contribution is 2.15. The number of carbonyl (C=O) groups is 2. The summed E-state index contributed by atoms with van der Waals surface area (Å²) in [5, 5.41) is 15.0. The van der Waals surface area contributed by atoms with E-state index in [0.717, 1.165) is 13.0 Å². The predicted octanol–water partition coefficient (Wildman–Crippen LogP) is 0.324. The van der Waals surface area contributed by atoms with Crippen molar-refractivity contribution < 1.29 is 19.4 Å². The smallest absolute Gasteiger partial charge is 0.326 e. The number of carboxylic acids is 1. The number of amides is 1. The minimum atomic E-state index is -0.982. The molecule has 0 saturated carbocycles. The maximum atomic E-state index is 12.2. The molecule has 1 rings (SSSR count). The molecule has 1 saturated heterocycles. The van der Waals surface area contributed by atoms with Gasteiger partial charge in [0.15, 0.2) is 0 Å². The number of hydrogen-bond donors (Lipinski definition) is 3. The maximum Gasteiger partial charge on any atom is 0.326 e. The molecule has 7 heteroatoms. The lowest BCUT2D eigenvalue weighted by Gasteiger charge is -2.21. The van der Waals surface area contributed by atoms with Crippen molar-refractivity contribution in [3.8, 4) is 0 Å². The molecule has 0 aromatic rings. The Hall–Kier alpha value is -0.790. The zero-order valence-corrected chi connectivity index (χ0v) is 12.9. The Labute approximate surface area is 124 Å². The van der Waals surface area contributed by atoms with E-state index in [1.54, 1.807) is 11.8 Å². The highest BCUT2D eigenvalue weighted by atomic mass is 32.2. The van der Waals surface area contributed by atoms with Gasteiger partial charge in [0.25, 0.3) is 0 Å². The van der Waals surface area contributed by atoms with E-state index in [1.807, 2.05) is 6.26 Å². The van der Waals surface area contributed by atoms with Gasteiger partial charge in [-0.3, -0.25) is 4.79 Å². The predicted molar refractivity (Wildman–Crippen MR) is 79.0 cm³/mol. The second-order valence-corrected chi connectivity index (χ2v) is 5.87. The minimum absolute atomic E-state index is 0.0232. The lowest BCUT2D eigenvalue weighted by molar-refractivity contribution is -0.142. The van der Waals surface area contributed by atoms with E-state index in [-0.39, 0.29) is 17.9 Å². The summed E-state index contributed by atoms with van der Waals surface area (Å²) in [7, 11) is 0. The molecule has 0 bridgehead atoms. The monoisotopic (exact) mass is 304 g/mol. The van der Waals surface area contributed by atoms with Gasteiger partial charge in [0, 0.05) is 6.04 Å². The third-order valence-electron chi connectivity index (χ3n) is 3.30. The Bertz CT molecular complexity index is 327. The second kappa shape index (κ2) is 9.20. The first-order valence-corrected chi connectivity index (χ1v) is 8.32. The summed E-state index contributed by atoms with van der Waals surface area (Å²) in [6.07, 6.45) is 3.33. The zero-order valence-electron chi connectivity index (χ0n) is 12.1. The molecule has 1 aliphatic heterocycles. The second-order valence-electron chi connectivity index (χ2n) is 4.89. The van der Waals surface area contributed by atoms with E-state index in [0.29, 0.717) is 25.4 Å². The molecule has 1 fully saturated rings.